The van der Waals surface area contributed by atoms with Crippen LogP contribution in [0.4, 0.5) is 5.82 Å². The summed E-state index contributed by atoms with van der Waals surface area (Å²) in [7, 11) is 0. The van der Waals surface area contributed by atoms with E-state index in [1.54, 1.807) is 6.07 Å². The topological polar surface area (TPSA) is 56.9 Å². The van der Waals surface area contributed by atoms with Crippen LogP contribution in [0.25, 0.3) is 10.9 Å². The second kappa shape index (κ2) is 8.70. The number of nitrogens with one attached hydrogen (secondary N) is 3. The van der Waals surface area contributed by atoms with Crippen LogP contribution in [-0.2, 0) is 6.54 Å². The number of aromatic amines is 1. The average Bonchev–Trinajstić information content (AvgIpc) is 2.61. The van der Waals surface area contributed by atoms with Crippen molar-refractivity contribution in [2.75, 3.05) is 18.4 Å². The number of anilines is 1. The SMILES string of the molecule is O=c1cc(NCCCCNCc2cccc(Cl)c2)[nH]c2ccccc12. The van der Waals surface area contributed by atoms with Gasteiger partial charge in [-0.2, -0.15) is 0 Å². The van der Waals surface area contributed by atoms with E-state index in [0.29, 0.717) is 0 Å². The molecule has 0 saturated heterocycles. The molecule has 3 rings (SSSR count). The number of unbranched alkanes of at least 4 members (excludes halogenated alkanes) is 1. The van der Waals surface area contributed by atoms with Crippen molar-refractivity contribution in [1.29, 1.82) is 0 Å². The van der Waals surface area contributed by atoms with Gasteiger partial charge in [-0.15, -0.1) is 0 Å². The van der Waals surface area contributed by atoms with Crippen LogP contribution in [0, 0.1) is 0 Å². The first-order valence-electron chi connectivity index (χ1n) is 8.53. The first kappa shape index (κ1) is 17.5. The Bertz CT molecular complexity index is 891. The van der Waals surface area contributed by atoms with E-state index in [2.05, 4.69) is 21.7 Å². The molecule has 0 unspecified atom stereocenters. The normalized spacial score (nSPS) is 10.9. The Morgan fingerprint density at radius 2 is 1.80 bits per heavy atom. The Labute approximate surface area is 152 Å². The van der Waals surface area contributed by atoms with Gasteiger partial charge in [0.2, 0.25) is 0 Å². The first-order valence-corrected chi connectivity index (χ1v) is 8.91. The van der Waals surface area contributed by atoms with Crippen LogP contribution < -0.4 is 16.1 Å². The fourth-order valence-electron chi connectivity index (χ4n) is 2.77. The Morgan fingerprint density at radius 1 is 0.960 bits per heavy atom. The van der Waals surface area contributed by atoms with Crippen LogP contribution in [0.15, 0.2) is 59.4 Å². The lowest BCUT2D eigenvalue weighted by atomic mass is 10.2. The number of para-hydroxylation sites is 1. The van der Waals surface area contributed by atoms with E-state index in [9.17, 15) is 4.79 Å². The van der Waals surface area contributed by atoms with Gasteiger partial charge >= 0.3 is 0 Å². The van der Waals surface area contributed by atoms with Crippen molar-refractivity contribution in [2.24, 2.45) is 0 Å². The van der Waals surface area contributed by atoms with E-state index in [4.69, 9.17) is 11.6 Å². The van der Waals surface area contributed by atoms with Crippen LogP contribution in [-0.4, -0.2) is 18.1 Å². The number of rotatable bonds is 8. The minimum absolute atomic E-state index is 0.0417. The summed E-state index contributed by atoms with van der Waals surface area (Å²) in [4.78, 5) is 15.3. The van der Waals surface area contributed by atoms with Crippen molar-refractivity contribution in [1.82, 2.24) is 10.3 Å². The summed E-state index contributed by atoms with van der Waals surface area (Å²) in [5, 5.41) is 8.20. The summed E-state index contributed by atoms with van der Waals surface area (Å²) in [6.45, 7) is 2.60. The fourth-order valence-corrected chi connectivity index (χ4v) is 2.98. The van der Waals surface area contributed by atoms with E-state index in [1.807, 2.05) is 42.5 Å². The van der Waals surface area contributed by atoms with Crippen LogP contribution in [0.3, 0.4) is 0 Å². The number of halogens is 1. The Morgan fingerprint density at radius 3 is 2.68 bits per heavy atom. The molecule has 0 spiro atoms. The summed E-state index contributed by atoms with van der Waals surface area (Å²) in [5.74, 6) is 0.774. The van der Waals surface area contributed by atoms with Gasteiger partial charge in [0.15, 0.2) is 5.43 Å². The minimum Gasteiger partial charge on any atom is -0.372 e. The Hall–Kier alpha value is -2.30. The maximum Gasteiger partial charge on any atom is 0.191 e. The van der Waals surface area contributed by atoms with Crippen molar-refractivity contribution in [3.63, 3.8) is 0 Å². The molecule has 0 amide bonds. The number of benzene rings is 2. The molecule has 0 aliphatic heterocycles. The zero-order valence-corrected chi connectivity index (χ0v) is 14.8. The molecule has 0 fully saturated rings. The van der Waals surface area contributed by atoms with E-state index < -0.39 is 0 Å². The van der Waals surface area contributed by atoms with Gasteiger partial charge in [-0.05, 0) is 49.2 Å². The summed E-state index contributed by atoms with van der Waals surface area (Å²) in [5.41, 5.74) is 2.10. The molecule has 130 valence electrons. The lowest BCUT2D eigenvalue weighted by Crippen LogP contribution is -2.16. The summed E-state index contributed by atoms with van der Waals surface area (Å²) in [6, 6.07) is 17.1. The van der Waals surface area contributed by atoms with Gasteiger partial charge in [0, 0.05) is 29.6 Å². The van der Waals surface area contributed by atoms with Gasteiger partial charge in [-0.3, -0.25) is 4.79 Å². The van der Waals surface area contributed by atoms with Gasteiger partial charge < -0.3 is 15.6 Å². The number of pyridine rings is 1. The van der Waals surface area contributed by atoms with E-state index in [0.717, 1.165) is 54.2 Å². The number of hydrogen-bond acceptors (Lipinski definition) is 3. The van der Waals surface area contributed by atoms with Crippen LogP contribution in [0.5, 0.6) is 0 Å². The van der Waals surface area contributed by atoms with Crippen LogP contribution >= 0.6 is 11.6 Å². The molecule has 1 aromatic heterocycles. The van der Waals surface area contributed by atoms with Crippen molar-refractivity contribution in [3.05, 3.63) is 75.4 Å². The van der Waals surface area contributed by atoms with Gasteiger partial charge in [0.1, 0.15) is 5.82 Å². The third-order valence-corrected chi connectivity index (χ3v) is 4.29. The Balaban J connectivity index is 1.38. The number of hydrogen-bond donors (Lipinski definition) is 3. The van der Waals surface area contributed by atoms with Gasteiger partial charge in [0.25, 0.3) is 0 Å². The molecule has 0 bridgehead atoms. The fraction of sp³-hybridized carbons (Fsp3) is 0.250. The van der Waals surface area contributed by atoms with Gasteiger partial charge in [0.05, 0.1) is 5.52 Å². The number of H-pyrrole nitrogens is 1. The molecular weight excluding hydrogens is 334 g/mol. The molecular formula is C20H22ClN3O. The molecule has 5 heteroatoms. The van der Waals surface area contributed by atoms with Crippen LogP contribution in [0.1, 0.15) is 18.4 Å². The highest BCUT2D eigenvalue weighted by molar-refractivity contribution is 6.30. The molecule has 3 N–H and O–H groups in total. The highest BCUT2D eigenvalue weighted by Gasteiger charge is 2.00. The molecule has 0 aliphatic carbocycles. The zero-order valence-electron chi connectivity index (χ0n) is 14.0. The van der Waals surface area contributed by atoms with Crippen LogP contribution in [0.2, 0.25) is 5.02 Å². The highest BCUT2D eigenvalue weighted by atomic mass is 35.5. The quantitative estimate of drug-likeness (QED) is 0.532. The van der Waals surface area contributed by atoms with Crippen molar-refractivity contribution < 1.29 is 0 Å². The summed E-state index contributed by atoms with van der Waals surface area (Å²) < 4.78 is 0. The second-order valence-corrected chi connectivity index (χ2v) is 6.47. The minimum atomic E-state index is 0.0417. The predicted molar refractivity (Wildman–Crippen MR) is 105 cm³/mol. The van der Waals surface area contributed by atoms with Crippen molar-refractivity contribution in [3.8, 4) is 0 Å². The smallest absolute Gasteiger partial charge is 0.191 e. The molecule has 4 nitrogen and oxygen atoms in total. The van der Waals surface area contributed by atoms with Gasteiger partial charge in [-0.25, -0.2) is 0 Å². The lowest BCUT2D eigenvalue weighted by Gasteiger charge is -2.08. The molecule has 0 radical (unpaired) electrons. The van der Waals surface area contributed by atoms with Gasteiger partial charge in [-0.1, -0.05) is 35.9 Å². The zero-order chi connectivity index (χ0) is 17.5. The third-order valence-electron chi connectivity index (χ3n) is 4.05. The monoisotopic (exact) mass is 355 g/mol. The summed E-state index contributed by atoms with van der Waals surface area (Å²) in [6.07, 6.45) is 2.09. The molecule has 25 heavy (non-hydrogen) atoms. The van der Waals surface area contributed by atoms with E-state index in [-0.39, 0.29) is 5.43 Å². The maximum absolute atomic E-state index is 12.1. The Kier molecular flexibility index (Phi) is 6.09. The van der Waals surface area contributed by atoms with Crippen molar-refractivity contribution >= 4 is 28.3 Å². The lowest BCUT2D eigenvalue weighted by molar-refractivity contribution is 0.633. The van der Waals surface area contributed by atoms with E-state index in [1.165, 1.54) is 5.56 Å². The molecule has 0 atom stereocenters. The maximum atomic E-state index is 12.1. The van der Waals surface area contributed by atoms with Crippen molar-refractivity contribution in [2.45, 2.75) is 19.4 Å². The molecule has 3 aromatic rings. The molecule has 0 aliphatic rings. The largest absolute Gasteiger partial charge is 0.372 e. The summed E-state index contributed by atoms with van der Waals surface area (Å²) >= 11 is 5.97. The second-order valence-electron chi connectivity index (χ2n) is 6.03. The predicted octanol–water partition coefficient (Wildman–Crippen LogP) is 4.16. The molecule has 1 heterocycles. The van der Waals surface area contributed by atoms with E-state index >= 15 is 0 Å². The molecule has 0 saturated carbocycles. The number of fused-ring (bicyclic) bond motifs is 1. The molecule has 2 aromatic carbocycles. The third kappa shape index (κ3) is 5.08. The first-order chi connectivity index (χ1) is 12.2. The average molecular weight is 356 g/mol. The number of aromatic nitrogens is 1. The highest BCUT2D eigenvalue weighted by Crippen LogP contribution is 2.11. The standard InChI is InChI=1S/C20H22ClN3O/c21-16-7-5-6-15(12-16)14-22-10-3-4-11-23-20-13-19(25)17-8-1-2-9-18(17)24-20/h1-2,5-9,12-13,22H,3-4,10-11,14H2,(H2,23,24,25).